The lowest BCUT2D eigenvalue weighted by Crippen LogP contribution is -2.23. The smallest absolute Gasteiger partial charge is 0.289 e. The van der Waals surface area contributed by atoms with Crippen LogP contribution in [0.2, 0.25) is 0 Å². The zero-order valence-electron chi connectivity index (χ0n) is 11.2. The number of aryl methyl sites for hydroxylation is 2. The molecule has 0 fully saturated rings. The van der Waals surface area contributed by atoms with E-state index in [4.69, 9.17) is 13.9 Å². The fourth-order valence-corrected chi connectivity index (χ4v) is 2.06. The fraction of sp³-hybridized carbons (Fsp3) is 0.286. The van der Waals surface area contributed by atoms with Crippen LogP contribution in [-0.4, -0.2) is 17.7 Å². The third-order valence-corrected chi connectivity index (χ3v) is 3.00. The van der Waals surface area contributed by atoms with Gasteiger partial charge in [0.1, 0.15) is 0 Å². The van der Waals surface area contributed by atoms with E-state index < -0.39 is 0 Å². The van der Waals surface area contributed by atoms with Gasteiger partial charge in [0.15, 0.2) is 17.4 Å². The highest BCUT2D eigenvalue weighted by Crippen LogP contribution is 2.32. The number of hydrogen-bond donors (Lipinski definition) is 1. The highest BCUT2D eigenvalue weighted by Gasteiger charge is 2.17. The predicted octanol–water partition coefficient (Wildman–Crippen LogP) is 1.95. The van der Waals surface area contributed by atoms with Crippen molar-refractivity contribution in [3.63, 3.8) is 0 Å². The largest absolute Gasteiger partial charge is 0.454 e. The van der Waals surface area contributed by atoms with Gasteiger partial charge in [0.25, 0.3) is 5.91 Å². The average molecular weight is 274 g/mol. The van der Waals surface area contributed by atoms with Crippen LogP contribution in [0.4, 0.5) is 0 Å². The number of ether oxygens (including phenoxy) is 2. The second-order valence-electron chi connectivity index (χ2n) is 4.52. The first-order valence-electron chi connectivity index (χ1n) is 6.24. The molecule has 0 saturated carbocycles. The fourth-order valence-electron chi connectivity index (χ4n) is 2.06. The second-order valence-corrected chi connectivity index (χ2v) is 4.52. The Morgan fingerprint density at radius 1 is 1.30 bits per heavy atom. The lowest BCUT2D eigenvalue weighted by Gasteiger charge is -2.05. The maximum Gasteiger partial charge on any atom is 0.289 e. The normalized spacial score (nSPS) is 12.5. The van der Waals surface area contributed by atoms with Crippen LogP contribution >= 0.6 is 0 Å². The molecule has 1 amide bonds. The lowest BCUT2D eigenvalue weighted by molar-refractivity contribution is 0.0921. The zero-order chi connectivity index (χ0) is 14.1. The van der Waals surface area contributed by atoms with Gasteiger partial charge in [-0.15, -0.1) is 0 Å². The van der Waals surface area contributed by atoms with Crippen LogP contribution in [0.1, 0.15) is 27.7 Å². The minimum absolute atomic E-state index is 0.238. The van der Waals surface area contributed by atoms with Crippen molar-refractivity contribution in [2.45, 2.75) is 20.4 Å². The van der Waals surface area contributed by atoms with Gasteiger partial charge in [-0.1, -0.05) is 6.07 Å². The molecule has 1 N–H and O–H groups in total. The van der Waals surface area contributed by atoms with Gasteiger partial charge in [-0.05, 0) is 24.6 Å². The minimum atomic E-state index is -0.277. The van der Waals surface area contributed by atoms with Crippen molar-refractivity contribution < 1.29 is 18.7 Å². The van der Waals surface area contributed by atoms with Crippen molar-refractivity contribution in [2.24, 2.45) is 0 Å². The number of nitrogens with zero attached hydrogens (tertiary/aromatic N) is 1. The maximum atomic E-state index is 12.0. The SMILES string of the molecule is Cc1nc(C)c(C(=O)NCc2ccc3c(c2)OCO3)o1. The van der Waals surface area contributed by atoms with Crippen LogP contribution in [0, 0.1) is 13.8 Å². The van der Waals surface area contributed by atoms with Crippen molar-refractivity contribution in [1.82, 2.24) is 10.3 Å². The number of amides is 1. The van der Waals surface area contributed by atoms with Crippen LogP contribution in [0.25, 0.3) is 0 Å². The number of carbonyl (C=O) groups excluding carboxylic acids is 1. The van der Waals surface area contributed by atoms with Gasteiger partial charge < -0.3 is 19.2 Å². The minimum Gasteiger partial charge on any atom is -0.454 e. The Labute approximate surface area is 115 Å². The molecule has 1 aliphatic rings. The molecule has 104 valence electrons. The summed E-state index contributed by atoms with van der Waals surface area (Å²) in [5.74, 6) is 1.88. The molecule has 0 saturated heterocycles. The molecule has 0 atom stereocenters. The number of hydrogen-bond acceptors (Lipinski definition) is 5. The third-order valence-electron chi connectivity index (χ3n) is 3.00. The summed E-state index contributed by atoms with van der Waals surface area (Å²) in [6.45, 7) is 4.07. The van der Waals surface area contributed by atoms with E-state index in [1.807, 2.05) is 18.2 Å². The number of rotatable bonds is 3. The molecule has 0 bridgehead atoms. The van der Waals surface area contributed by atoms with Gasteiger partial charge in [-0.2, -0.15) is 0 Å². The molecular weight excluding hydrogens is 260 g/mol. The molecule has 3 rings (SSSR count). The molecule has 2 aromatic rings. The highest BCUT2D eigenvalue weighted by atomic mass is 16.7. The molecule has 0 spiro atoms. The summed E-state index contributed by atoms with van der Waals surface area (Å²) < 4.78 is 15.8. The Balaban J connectivity index is 1.67. The number of fused-ring (bicyclic) bond motifs is 1. The van der Waals surface area contributed by atoms with Crippen LogP contribution in [0.5, 0.6) is 11.5 Å². The number of nitrogens with one attached hydrogen (secondary N) is 1. The van der Waals surface area contributed by atoms with E-state index in [0.29, 0.717) is 23.9 Å². The molecule has 2 heterocycles. The van der Waals surface area contributed by atoms with Crippen molar-refractivity contribution in [3.8, 4) is 11.5 Å². The van der Waals surface area contributed by atoms with Crippen LogP contribution in [-0.2, 0) is 6.54 Å². The van der Waals surface area contributed by atoms with E-state index in [0.717, 1.165) is 11.3 Å². The third kappa shape index (κ3) is 2.32. The number of benzene rings is 1. The average Bonchev–Trinajstić information content (AvgIpc) is 3.01. The van der Waals surface area contributed by atoms with Crippen molar-refractivity contribution in [1.29, 1.82) is 0 Å². The van der Waals surface area contributed by atoms with Gasteiger partial charge in [-0.3, -0.25) is 4.79 Å². The molecular formula is C14H14N2O4. The van der Waals surface area contributed by atoms with Crippen LogP contribution in [0.15, 0.2) is 22.6 Å². The molecule has 0 aliphatic carbocycles. The summed E-state index contributed by atoms with van der Waals surface area (Å²) in [7, 11) is 0. The van der Waals surface area contributed by atoms with Gasteiger partial charge in [-0.25, -0.2) is 4.98 Å². The van der Waals surface area contributed by atoms with E-state index in [9.17, 15) is 4.79 Å². The predicted molar refractivity (Wildman–Crippen MR) is 69.7 cm³/mol. The molecule has 1 aliphatic heterocycles. The Bertz CT molecular complexity index is 663. The van der Waals surface area contributed by atoms with E-state index >= 15 is 0 Å². The van der Waals surface area contributed by atoms with Crippen molar-refractivity contribution in [3.05, 3.63) is 41.1 Å². The molecule has 1 aromatic carbocycles. The standard InChI is InChI=1S/C14H14N2O4/c1-8-13(20-9(2)16-8)14(17)15-6-10-3-4-11-12(5-10)19-7-18-11/h3-5H,6-7H2,1-2H3,(H,15,17). The van der Waals surface area contributed by atoms with Crippen LogP contribution < -0.4 is 14.8 Å². The van der Waals surface area contributed by atoms with Gasteiger partial charge >= 0.3 is 0 Å². The Morgan fingerprint density at radius 3 is 2.85 bits per heavy atom. The first-order chi connectivity index (χ1) is 9.63. The lowest BCUT2D eigenvalue weighted by atomic mass is 10.2. The highest BCUT2D eigenvalue weighted by molar-refractivity contribution is 5.92. The topological polar surface area (TPSA) is 73.6 Å². The summed E-state index contributed by atoms with van der Waals surface area (Å²) in [5.41, 5.74) is 1.52. The Hall–Kier alpha value is -2.50. The van der Waals surface area contributed by atoms with E-state index in [1.165, 1.54) is 0 Å². The molecule has 0 radical (unpaired) electrons. The van der Waals surface area contributed by atoms with Gasteiger partial charge in [0.2, 0.25) is 12.6 Å². The van der Waals surface area contributed by atoms with E-state index in [-0.39, 0.29) is 18.5 Å². The summed E-state index contributed by atoms with van der Waals surface area (Å²) >= 11 is 0. The summed E-state index contributed by atoms with van der Waals surface area (Å²) in [6.07, 6.45) is 0. The van der Waals surface area contributed by atoms with Gasteiger partial charge in [0.05, 0.1) is 5.69 Å². The van der Waals surface area contributed by atoms with Gasteiger partial charge in [0, 0.05) is 13.5 Å². The van der Waals surface area contributed by atoms with Crippen LogP contribution in [0.3, 0.4) is 0 Å². The number of aromatic nitrogens is 1. The van der Waals surface area contributed by atoms with Crippen molar-refractivity contribution >= 4 is 5.91 Å². The zero-order valence-corrected chi connectivity index (χ0v) is 11.2. The molecule has 1 aromatic heterocycles. The number of oxazole rings is 1. The second kappa shape index (κ2) is 4.88. The molecule has 20 heavy (non-hydrogen) atoms. The maximum absolute atomic E-state index is 12.0. The molecule has 6 heteroatoms. The Kier molecular flexibility index (Phi) is 3.06. The monoisotopic (exact) mass is 274 g/mol. The summed E-state index contributed by atoms with van der Waals surface area (Å²) in [6, 6.07) is 5.56. The Morgan fingerprint density at radius 2 is 2.10 bits per heavy atom. The van der Waals surface area contributed by atoms with Crippen molar-refractivity contribution in [2.75, 3.05) is 6.79 Å². The molecule has 0 unspecified atom stereocenters. The quantitative estimate of drug-likeness (QED) is 0.926. The van der Waals surface area contributed by atoms with E-state index in [1.54, 1.807) is 13.8 Å². The number of carbonyl (C=O) groups is 1. The first-order valence-corrected chi connectivity index (χ1v) is 6.24. The summed E-state index contributed by atoms with van der Waals surface area (Å²) in [4.78, 5) is 16.1. The van der Waals surface area contributed by atoms with E-state index in [2.05, 4.69) is 10.3 Å². The molecule has 6 nitrogen and oxygen atoms in total. The first kappa shape index (κ1) is 12.5. The summed E-state index contributed by atoms with van der Waals surface area (Å²) in [5, 5.41) is 2.79.